The normalized spacial score (nSPS) is 13.8. The van der Waals surface area contributed by atoms with E-state index >= 15 is 0 Å². The number of nitrogens with one attached hydrogen (secondary N) is 1. The van der Waals surface area contributed by atoms with Crippen LogP contribution in [0.15, 0.2) is 66.7 Å². The highest BCUT2D eigenvalue weighted by molar-refractivity contribution is 5.78. The molecule has 0 radical (unpaired) electrons. The van der Waals surface area contributed by atoms with Crippen molar-refractivity contribution in [1.82, 2.24) is 5.32 Å². The van der Waals surface area contributed by atoms with E-state index in [1.54, 1.807) is 14.2 Å². The molecule has 0 saturated carbocycles. The SMILES string of the molecule is COc1ccc(OC)c(C(C)NC2c3ccccc3-c3ccccc32)c1. The number of methoxy groups -OCH3 is 2. The third-order valence-electron chi connectivity index (χ3n) is 5.15. The molecule has 0 saturated heterocycles. The van der Waals surface area contributed by atoms with Gasteiger partial charge in [-0.3, -0.25) is 5.32 Å². The number of hydrogen-bond donors (Lipinski definition) is 1. The fourth-order valence-electron chi connectivity index (χ4n) is 3.85. The van der Waals surface area contributed by atoms with Crippen LogP contribution in [0.25, 0.3) is 11.1 Å². The van der Waals surface area contributed by atoms with Crippen molar-refractivity contribution in [3.8, 4) is 22.6 Å². The number of hydrogen-bond acceptors (Lipinski definition) is 3. The number of benzene rings is 3. The lowest BCUT2D eigenvalue weighted by Gasteiger charge is -2.23. The Morgan fingerprint density at radius 2 is 1.42 bits per heavy atom. The number of rotatable bonds is 5. The predicted molar refractivity (Wildman–Crippen MR) is 105 cm³/mol. The van der Waals surface area contributed by atoms with E-state index in [0.717, 1.165) is 17.1 Å². The molecule has 0 aliphatic heterocycles. The Balaban J connectivity index is 1.72. The molecule has 3 nitrogen and oxygen atoms in total. The van der Waals surface area contributed by atoms with E-state index in [9.17, 15) is 0 Å². The van der Waals surface area contributed by atoms with E-state index < -0.39 is 0 Å². The van der Waals surface area contributed by atoms with Crippen LogP contribution in [-0.4, -0.2) is 14.2 Å². The lowest BCUT2D eigenvalue weighted by Crippen LogP contribution is -2.24. The predicted octanol–water partition coefficient (Wildman–Crippen LogP) is 5.12. The van der Waals surface area contributed by atoms with Gasteiger partial charge in [-0.05, 0) is 47.4 Å². The maximum atomic E-state index is 5.57. The molecule has 1 N–H and O–H groups in total. The molecule has 26 heavy (non-hydrogen) atoms. The maximum absolute atomic E-state index is 5.57. The zero-order valence-electron chi connectivity index (χ0n) is 15.3. The molecule has 1 unspecified atom stereocenters. The van der Waals surface area contributed by atoms with Crippen molar-refractivity contribution in [3.63, 3.8) is 0 Å². The van der Waals surface area contributed by atoms with Crippen LogP contribution in [0, 0.1) is 0 Å². The second-order valence-electron chi connectivity index (χ2n) is 6.60. The van der Waals surface area contributed by atoms with Crippen molar-refractivity contribution in [2.45, 2.75) is 19.0 Å². The minimum absolute atomic E-state index is 0.101. The van der Waals surface area contributed by atoms with E-state index in [-0.39, 0.29) is 12.1 Å². The van der Waals surface area contributed by atoms with Gasteiger partial charge in [-0.15, -0.1) is 0 Å². The highest BCUT2D eigenvalue weighted by atomic mass is 16.5. The molecule has 1 aliphatic carbocycles. The van der Waals surface area contributed by atoms with Gasteiger partial charge in [-0.1, -0.05) is 48.5 Å². The second-order valence-corrected chi connectivity index (χ2v) is 6.60. The zero-order chi connectivity index (χ0) is 18.1. The van der Waals surface area contributed by atoms with E-state index in [1.165, 1.54) is 22.3 Å². The number of ether oxygens (including phenoxy) is 2. The molecule has 0 bridgehead atoms. The molecule has 0 aromatic heterocycles. The van der Waals surface area contributed by atoms with Crippen LogP contribution < -0.4 is 14.8 Å². The average molecular weight is 345 g/mol. The molecule has 1 atom stereocenters. The first-order valence-electron chi connectivity index (χ1n) is 8.89. The van der Waals surface area contributed by atoms with Crippen LogP contribution in [-0.2, 0) is 0 Å². The Morgan fingerprint density at radius 3 is 2.00 bits per heavy atom. The van der Waals surface area contributed by atoms with E-state index in [4.69, 9.17) is 9.47 Å². The van der Waals surface area contributed by atoms with Crippen molar-refractivity contribution >= 4 is 0 Å². The van der Waals surface area contributed by atoms with Gasteiger partial charge in [0.15, 0.2) is 0 Å². The first kappa shape index (κ1) is 16.7. The molecule has 3 aromatic rings. The Hall–Kier alpha value is -2.78. The van der Waals surface area contributed by atoms with E-state index in [0.29, 0.717) is 0 Å². The van der Waals surface area contributed by atoms with Crippen molar-refractivity contribution in [1.29, 1.82) is 0 Å². The van der Waals surface area contributed by atoms with Gasteiger partial charge in [0.05, 0.1) is 20.3 Å². The van der Waals surface area contributed by atoms with Crippen molar-refractivity contribution in [3.05, 3.63) is 83.4 Å². The molecule has 132 valence electrons. The summed E-state index contributed by atoms with van der Waals surface area (Å²) < 4.78 is 11.0. The third kappa shape index (κ3) is 2.74. The van der Waals surface area contributed by atoms with Crippen molar-refractivity contribution < 1.29 is 9.47 Å². The summed E-state index contributed by atoms with van der Waals surface area (Å²) in [5.41, 5.74) is 6.36. The summed E-state index contributed by atoms with van der Waals surface area (Å²) in [6.07, 6.45) is 0. The quantitative estimate of drug-likeness (QED) is 0.696. The van der Waals surface area contributed by atoms with Gasteiger partial charge < -0.3 is 9.47 Å². The van der Waals surface area contributed by atoms with Crippen LogP contribution in [0.3, 0.4) is 0 Å². The fraction of sp³-hybridized carbons (Fsp3) is 0.217. The summed E-state index contributed by atoms with van der Waals surface area (Å²) in [7, 11) is 3.39. The summed E-state index contributed by atoms with van der Waals surface area (Å²) in [4.78, 5) is 0. The van der Waals surface area contributed by atoms with Gasteiger partial charge in [0.1, 0.15) is 11.5 Å². The molecule has 3 aromatic carbocycles. The largest absolute Gasteiger partial charge is 0.497 e. The van der Waals surface area contributed by atoms with Crippen LogP contribution in [0.2, 0.25) is 0 Å². The highest BCUT2D eigenvalue weighted by Crippen LogP contribution is 2.44. The molecule has 0 heterocycles. The summed E-state index contributed by atoms with van der Waals surface area (Å²) in [5, 5.41) is 3.80. The standard InChI is InChI=1S/C23H23NO2/c1-15(21-14-16(25-2)12-13-22(21)26-3)24-23-19-10-6-4-8-17(19)18-9-5-7-11-20(18)23/h4-15,23-24H,1-3H3. The molecule has 0 fully saturated rings. The molecule has 3 heteroatoms. The van der Waals surface area contributed by atoms with Crippen LogP contribution in [0.5, 0.6) is 11.5 Å². The Kier molecular flexibility index (Phi) is 4.39. The van der Waals surface area contributed by atoms with E-state index in [1.807, 2.05) is 18.2 Å². The van der Waals surface area contributed by atoms with Gasteiger partial charge in [-0.2, -0.15) is 0 Å². The molecule has 0 amide bonds. The minimum atomic E-state index is 0.101. The molecular formula is C23H23NO2. The number of fused-ring (bicyclic) bond motifs is 3. The molecule has 0 spiro atoms. The maximum Gasteiger partial charge on any atom is 0.123 e. The van der Waals surface area contributed by atoms with Crippen molar-refractivity contribution in [2.24, 2.45) is 0 Å². The smallest absolute Gasteiger partial charge is 0.123 e. The summed E-state index contributed by atoms with van der Waals surface area (Å²) in [6, 6.07) is 23.4. The monoisotopic (exact) mass is 345 g/mol. The van der Waals surface area contributed by atoms with Gasteiger partial charge >= 0.3 is 0 Å². The van der Waals surface area contributed by atoms with Crippen LogP contribution in [0.4, 0.5) is 0 Å². The Morgan fingerprint density at radius 1 is 0.808 bits per heavy atom. The highest BCUT2D eigenvalue weighted by Gasteiger charge is 2.29. The van der Waals surface area contributed by atoms with Crippen LogP contribution in [0.1, 0.15) is 35.7 Å². The molecular weight excluding hydrogens is 322 g/mol. The van der Waals surface area contributed by atoms with Gasteiger partial charge in [0.2, 0.25) is 0 Å². The first-order chi connectivity index (χ1) is 12.7. The lowest BCUT2D eigenvalue weighted by atomic mass is 10.0. The van der Waals surface area contributed by atoms with Gasteiger partial charge in [0.25, 0.3) is 0 Å². The summed E-state index contributed by atoms with van der Waals surface area (Å²) in [6.45, 7) is 2.17. The second kappa shape index (κ2) is 6.85. The summed E-state index contributed by atoms with van der Waals surface area (Å²) >= 11 is 0. The lowest BCUT2D eigenvalue weighted by molar-refractivity contribution is 0.389. The molecule has 1 aliphatic rings. The Bertz CT molecular complexity index is 889. The van der Waals surface area contributed by atoms with E-state index in [2.05, 4.69) is 60.8 Å². The first-order valence-corrected chi connectivity index (χ1v) is 8.89. The van der Waals surface area contributed by atoms with Gasteiger partial charge in [-0.25, -0.2) is 0 Å². The molecule has 4 rings (SSSR count). The van der Waals surface area contributed by atoms with Gasteiger partial charge in [0, 0.05) is 11.6 Å². The van der Waals surface area contributed by atoms with Crippen LogP contribution >= 0.6 is 0 Å². The average Bonchev–Trinajstić information content (AvgIpc) is 3.01. The summed E-state index contributed by atoms with van der Waals surface area (Å²) in [5.74, 6) is 1.70. The van der Waals surface area contributed by atoms with Crippen molar-refractivity contribution in [2.75, 3.05) is 14.2 Å². The minimum Gasteiger partial charge on any atom is -0.497 e. The fourth-order valence-corrected chi connectivity index (χ4v) is 3.85. The third-order valence-corrected chi connectivity index (χ3v) is 5.15. The Labute approximate surface area is 154 Å². The zero-order valence-corrected chi connectivity index (χ0v) is 15.3. The topological polar surface area (TPSA) is 30.5 Å².